The van der Waals surface area contributed by atoms with Crippen molar-refractivity contribution in [1.82, 2.24) is 0 Å². The van der Waals surface area contributed by atoms with Crippen LogP contribution in [0, 0.1) is 5.82 Å². The number of methoxy groups -OCH3 is 2. The molecule has 0 N–H and O–H groups in total. The molecule has 0 aliphatic heterocycles. The number of benzene rings is 3. The molecular weight excluding hydrogens is 381 g/mol. The predicted octanol–water partition coefficient (Wildman–Crippen LogP) is 4.24. The summed E-state index contributed by atoms with van der Waals surface area (Å²) in [6, 6.07) is 18.7. The Hall–Kier alpha value is -3.06. The fourth-order valence-electron chi connectivity index (χ4n) is 2.73. The van der Waals surface area contributed by atoms with Gasteiger partial charge in [0.15, 0.2) is 0 Å². The summed E-state index contributed by atoms with van der Waals surface area (Å²) >= 11 is 0. The van der Waals surface area contributed by atoms with Gasteiger partial charge in [-0.1, -0.05) is 30.3 Å². The van der Waals surface area contributed by atoms with Gasteiger partial charge in [0.1, 0.15) is 17.3 Å². The lowest BCUT2D eigenvalue weighted by molar-refractivity contribution is 0.394. The quantitative estimate of drug-likeness (QED) is 0.594. The molecule has 0 heterocycles. The van der Waals surface area contributed by atoms with Crippen LogP contribution in [0.2, 0.25) is 0 Å². The second kappa shape index (κ2) is 8.31. The lowest BCUT2D eigenvalue weighted by Gasteiger charge is -2.25. The molecule has 0 saturated carbocycles. The van der Waals surface area contributed by atoms with E-state index in [1.165, 1.54) is 42.8 Å². The number of ether oxygens (including phenoxy) is 2. The SMILES string of the molecule is COc1cc(OC)cc(N(Cc2ccc(F)cc2)S(=O)(=O)c2ccccc2)c1. The summed E-state index contributed by atoms with van der Waals surface area (Å²) in [5, 5.41) is 0. The van der Waals surface area contributed by atoms with Crippen molar-refractivity contribution in [3.63, 3.8) is 0 Å². The second-order valence-electron chi connectivity index (χ2n) is 6.02. The van der Waals surface area contributed by atoms with E-state index in [0.717, 1.165) is 0 Å². The number of rotatable bonds is 7. The van der Waals surface area contributed by atoms with Crippen LogP contribution in [0.1, 0.15) is 5.56 Å². The molecule has 3 aromatic rings. The van der Waals surface area contributed by atoms with Gasteiger partial charge in [0.2, 0.25) is 0 Å². The van der Waals surface area contributed by atoms with Gasteiger partial charge in [0, 0.05) is 18.2 Å². The maximum atomic E-state index is 13.4. The van der Waals surface area contributed by atoms with Gasteiger partial charge < -0.3 is 9.47 Å². The van der Waals surface area contributed by atoms with E-state index in [2.05, 4.69) is 0 Å². The minimum Gasteiger partial charge on any atom is -0.497 e. The third-order valence-electron chi connectivity index (χ3n) is 4.19. The van der Waals surface area contributed by atoms with Gasteiger partial charge in [-0.2, -0.15) is 0 Å². The molecule has 0 atom stereocenters. The first kappa shape index (κ1) is 19.7. The molecule has 0 aliphatic rings. The highest BCUT2D eigenvalue weighted by Crippen LogP contribution is 2.33. The molecular formula is C21H20FNO4S. The average molecular weight is 401 g/mol. The number of sulfonamides is 1. The molecule has 0 spiro atoms. The number of hydrogen-bond donors (Lipinski definition) is 0. The summed E-state index contributed by atoms with van der Waals surface area (Å²) in [5.41, 5.74) is 1.02. The molecule has 7 heteroatoms. The molecule has 0 unspecified atom stereocenters. The zero-order chi connectivity index (χ0) is 20.1. The third kappa shape index (κ3) is 4.26. The first-order chi connectivity index (χ1) is 13.4. The van der Waals surface area contributed by atoms with E-state index in [0.29, 0.717) is 22.7 Å². The summed E-state index contributed by atoms with van der Waals surface area (Å²) in [7, 11) is -0.895. The maximum Gasteiger partial charge on any atom is 0.264 e. The van der Waals surface area contributed by atoms with Crippen molar-refractivity contribution >= 4 is 15.7 Å². The van der Waals surface area contributed by atoms with E-state index in [1.807, 2.05) is 0 Å². The first-order valence-corrected chi connectivity index (χ1v) is 9.93. The zero-order valence-electron chi connectivity index (χ0n) is 15.5. The Morgan fingerprint density at radius 3 is 1.96 bits per heavy atom. The van der Waals surface area contributed by atoms with Crippen LogP contribution < -0.4 is 13.8 Å². The highest BCUT2D eigenvalue weighted by Gasteiger charge is 2.26. The normalized spacial score (nSPS) is 11.1. The predicted molar refractivity (Wildman–Crippen MR) is 106 cm³/mol. The number of anilines is 1. The molecule has 0 amide bonds. The zero-order valence-corrected chi connectivity index (χ0v) is 16.3. The molecule has 0 radical (unpaired) electrons. The summed E-state index contributed by atoms with van der Waals surface area (Å²) in [6.45, 7) is 0.0217. The van der Waals surface area contributed by atoms with Crippen LogP contribution in [0.4, 0.5) is 10.1 Å². The summed E-state index contributed by atoms with van der Waals surface area (Å²) in [5.74, 6) is 0.535. The van der Waals surface area contributed by atoms with Gasteiger partial charge in [-0.15, -0.1) is 0 Å². The number of halogens is 1. The van der Waals surface area contributed by atoms with E-state index in [1.54, 1.807) is 48.5 Å². The Morgan fingerprint density at radius 1 is 0.857 bits per heavy atom. The largest absolute Gasteiger partial charge is 0.497 e. The topological polar surface area (TPSA) is 55.8 Å². The van der Waals surface area contributed by atoms with Gasteiger partial charge in [-0.25, -0.2) is 12.8 Å². The summed E-state index contributed by atoms with van der Waals surface area (Å²) < 4.78 is 51.8. The van der Waals surface area contributed by atoms with Gasteiger partial charge in [-0.3, -0.25) is 4.31 Å². The Morgan fingerprint density at radius 2 is 1.43 bits per heavy atom. The molecule has 3 aromatic carbocycles. The van der Waals surface area contributed by atoms with Gasteiger partial charge in [-0.05, 0) is 29.8 Å². The monoisotopic (exact) mass is 401 g/mol. The molecule has 5 nitrogen and oxygen atoms in total. The Kier molecular flexibility index (Phi) is 5.84. The van der Waals surface area contributed by atoms with Crippen molar-refractivity contribution in [2.45, 2.75) is 11.4 Å². The molecule has 28 heavy (non-hydrogen) atoms. The van der Waals surface area contributed by atoms with Gasteiger partial charge in [0.05, 0.1) is 31.3 Å². The number of nitrogens with zero attached hydrogens (tertiary/aromatic N) is 1. The third-order valence-corrected chi connectivity index (χ3v) is 5.98. The maximum absolute atomic E-state index is 13.4. The van der Waals surface area contributed by atoms with Crippen molar-refractivity contribution in [2.75, 3.05) is 18.5 Å². The molecule has 0 fully saturated rings. The van der Waals surface area contributed by atoms with E-state index >= 15 is 0 Å². The molecule has 0 aromatic heterocycles. The Bertz CT molecular complexity index is 1020. The minimum atomic E-state index is -3.88. The van der Waals surface area contributed by atoms with Gasteiger partial charge >= 0.3 is 0 Å². The smallest absolute Gasteiger partial charge is 0.264 e. The lowest BCUT2D eigenvalue weighted by Crippen LogP contribution is -2.30. The molecule has 0 saturated heterocycles. The van der Waals surface area contributed by atoms with Crippen LogP contribution in [0.25, 0.3) is 0 Å². The fraction of sp³-hybridized carbons (Fsp3) is 0.143. The van der Waals surface area contributed by atoms with E-state index in [9.17, 15) is 12.8 Å². The fourth-order valence-corrected chi connectivity index (χ4v) is 4.18. The second-order valence-corrected chi connectivity index (χ2v) is 7.88. The van der Waals surface area contributed by atoms with E-state index in [4.69, 9.17) is 9.47 Å². The van der Waals surface area contributed by atoms with Crippen molar-refractivity contribution < 1.29 is 22.3 Å². The van der Waals surface area contributed by atoms with Crippen LogP contribution >= 0.6 is 0 Å². The first-order valence-electron chi connectivity index (χ1n) is 8.49. The summed E-state index contributed by atoms with van der Waals surface area (Å²) in [4.78, 5) is 0.152. The number of hydrogen-bond acceptors (Lipinski definition) is 4. The highest BCUT2D eigenvalue weighted by molar-refractivity contribution is 7.92. The van der Waals surface area contributed by atoms with Crippen LogP contribution in [0.15, 0.2) is 77.7 Å². The van der Waals surface area contributed by atoms with Gasteiger partial charge in [0.25, 0.3) is 10.0 Å². The molecule has 3 rings (SSSR count). The standard InChI is InChI=1S/C21H20FNO4S/c1-26-19-12-18(13-20(14-19)27-2)23(15-16-8-10-17(22)11-9-16)28(24,25)21-6-4-3-5-7-21/h3-14H,15H2,1-2H3. The van der Waals surface area contributed by atoms with Crippen LogP contribution in [0.3, 0.4) is 0 Å². The lowest BCUT2D eigenvalue weighted by atomic mass is 10.2. The van der Waals surface area contributed by atoms with E-state index in [-0.39, 0.29) is 17.3 Å². The molecule has 0 aliphatic carbocycles. The minimum absolute atomic E-state index is 0.0217. The molecule has 146 valence electrons. The summed E-state index contributed by atoms with van der Waals surface area (Å²) in [6.07, 6.45) is 0. The van der Waals surface area contributed by atoms with E-state index < -0.39 is 10.0 Å². The van der Waals surface area contributed by atoms with Crippen molar-refractivity contribution in [1.29, 1.82) is 0 Å². The van der Waals surface area contributed by atoms with Crippen LogP contribution in [-0.2, 0) is 16.6 Å². The van der Waals surface area contributed by atoms with Crippen molar-refractivity contribution in [3.8, 4) is 11.5 Å². The Balaban J connectivity index is 2.13. The van der Waals surface area contributed by atoms with Crippen molar-refractivity contribution in [3.05, 3.63) is 84.2 Å². The molecule has 0 bridgehead atoms. The van der Waals surface area contributed by atoms with Crippen molar-refractivity contribution in [2.24, 2.45) is 0 Å². The highest BCUT2D eigenvalue weighted by atomic mass is 32.2. The van der Waals surface area contributed by atoms with Crippen LogP contribution in [0.5, 0.6) is 11.5 Å². The average Bonchev–Trinajstić information content (AvgIpc) is 2.73. The van der Waals surface area contributed by atoms with Crippen LogP contribution in [-0.4, -0.2) is 22.6 Å². The Labute approximate surface area is 164 Å².